The zero-order valence-electron chi connectivity index (χ0n) is 20.3. The number of aromatic amines is 1. The summed E-state index contributed by atoms with van der Waals surface area (Å²) in [5.74, 6) is 0.347. The molecule has 2 unspecified atom stereocenters. The maximum atomic E-state index is 12.5. The zero-order valence-corrected chi connectivity index (χ0v) is 21.9. The first-order valence-electron chi connectivity index (χ1n) is 13.0. The van der Waals surface area contributed by atoms with Crippen LogP contribution in [0.3, 0.4) is 0 Å². The first-order valence-corrected chi connectivity index (χ1v) is 14.9. The maximum absolute atomic E-state index is 12.5. The predicted molar refractivity (Wildman–Crippen MR) is 138 cm³/mol. The summed E-state index contributed by atoms with van der Waals surface area (Å²) in [6.45, 7) is 2.36. The lowest BCUT2D eigenvalue weighted by Crippen LogP contribution is -2.39. The molecule has 196 valence electrons. The van der Waals surface area contributed by atoms with E-state index in [4.69, 9.17) is 30.8 Å². The molecule has 4 aliphatic rings. The van der Waals surface area contributed by atoms with Crippen molar-refractivity contribution in [3.63, 3.8) is 0 Å². The molecule has 2 aromatic heterocycles. The Balaban J connectivity index is 1.05. The Kier molecular flexibility index (Phi) is 5.93. The van der Waals surface area contributed by atoms with E-state index in [0.29, 0.717) is 60.1 Å². The van der Waals surface area contributed by atoms with Crippen LogP contribution in [-0.2, 0) is 19.5 Å². The minimum atomic E-state index is -3.09. The molecular formula is C26H29ClN4O5S. The Morgan fingerprint density at radius 3 is 2.57 bits per heavy atom. The van der Waals surface area contributed by atoms with Crippen LogP contribution in [0.5, 0.6) is 6.01 Å². The van der Waals surface area contributed by atoms with Gasteiger partial charge in [0.15, 0.2) is 11.8 Å². The van der Waals surface area contributed by atoms with Crippen molar-refractivity contribution in [2.45, 2.75) is 61.6 Å². The van der Waals surface area contributed by atoms with Gasteiger partial charge in [-0.3, -0.25) is 0 Å². The number of sulfonamides is 1. The van der Waals surface area contributed by atoms with Gasteiger partial charge in [0.2, 0.25) is 10.0 Å². The summed E-state index contributed by atoms with van der Waals surface area (Å²) < 4.78 is 44.3. The van der Waals surface area contributed by atoms with Crippen LogP contribution in [0.2, 0.25) is 5.02 Å². The molecule has 3 saturated heterocycles. The summed E-state index contributed by atoms with van der Waals surface area (Å²) in [5, 5.41) is 0.387. The van der Waals surface area contributed by atoms with E-state index < -0.39 is 10.0 Å². The molecule has 3 aromatic rings. The van der Waals surface area contributed by atoms with Crippen molar-refractivity contribution in [3.05, 3.63) is 40.9 Å². The van der Waals surface area contributed by atoms with Crippen LogP contribution < -0.4 is 4.74 Å². The van der Waals surface area contributed by atoms with E-state index in [-0.39, 0.29) is 23.6 Å². The highest BCUT2D eigenvalue weighted by Crippen LogP contribution is 2.37. The van der Waals surface area contributed by atoms with Gasteiger partial charge in [0.25, 0.3) is 6.01 Å². The van der Waals surface area contributed by atoms with Crippen LogP contribution in [0.25, 0.3) is 22.4 Å². The number of pyridine rings is 1. The molecular weight excluding hydrogens is 516 g/mol. The molecule has 0 bridgehead atoms. The van der Waals surface area contributed by atoms with Crippen molar-refractivity contribution in [3.8, 4) is 17.3 Å². The summed E-state index contributed by atoms with van der Waals surface area (Å²) >= 11 is 6.61. The number of hydrogen-bond donors (Lipinski definition) is 1. The molecule has 1 aliphatic carbocycles. The number of H-pyrrole nitrogens is 1. The number of fused-ring (bicyclic) bond motifs is 2. The van der Waals surface area contributed by atoms with Gasteiger partial charge in [-0.2, -0.15) is 4.98 Å². The second kappa shape index (κ2) is 9.20. The topological polar surface area (TPSA) is 107 Å². The minimum Gasteiger partial charge on any atom is -0.456 e. The lowest BCUT2D eigenvalue weighted by molar-refractivity contribution is 0.0273. The number of rotatable bonds is 6. The van der Waals surface area contributed by atoms with E-state index in [0.717, 1.165) is 37.7 Å². The summed E-state index contributed by atoms with van der Waals surface area (Å²) in [6.07, 6.45) is 4.03. The van der Waals surface area contributed by atoms with Gasteiger partial charge in [-0.25, -0.2) is 17.7 Å². The summed E-state index contributed by atoms with van der Waals surface area (Å²) in [7, 11) is -3.09. The van der Waals surface area contributed by atoms with E-state index in [2.05, 4.69) is 22.1 Å². The summed E-state index contributed by atoms with van der Waals surface area (Å²) in [4.78, 5) is 12.4. The molecule has 5 heterocycles. The average Bonchev–Trinajstić information content (AvgIpc) is 3.39. The van der Waals surface area contributed by atoms with Gasteiger partial charge in [-0.05, 0) is 49.7 Å². The van der Waals surface area contributed by atoms with Crippen LogP contribution in [0.15, 0.2) is 30.3 Å². The van der Waals surface area contributed by atoms with Crippen LogP contribution in [-0.4, -0.2) is 77.5 Å². The highest BCUT2D eigenvalue weighted by Gasteiger charge is 2.44. The first kappa shape index (κ1) is 23.8. The smallest absolute Gasteiger partial charge is 0.296 e. The van der Waals surface area contributed by atoms with Gasteiger partial charge in [-0.15, -0.1) is 0 Å². The van der Waals surface area contributed by atoms with Gasteiger partial charge in [0, 0.05) is 25.3 Å². The number of hydrogen-bond acceptors (Lipinski definition) is 7. The molecule has 11 heteroatoms. The third kappa shape index (κ3) is 4.42. The number of nitrogens with one attached hydrogen (secondary N) is 1. The third-order valence-corrected chi connectivity index (χ3v) is 10.7. The Labute approximate surface area is 220 Å². The SMILES string of the molecule is O=S(=O)(C1CC1)N1CCC(c2ccc(-c3nc4nc(OC5COC6CCO[C@@H]65)[nH]c4cc3Cl)cc2)CC1. The lowest BCUT2D eigenvalue weighted by atomic mass is 9.89. The molecule has 1 N–H and O–H groups in total. The highest BCUT2D eigenvalue weighted by molar-refractivity contribution is 7.90. The van der Waals surface area contributed by atoms with Crippen LogP contribution >= 0.6 is 11.6 Å². The molecule has 1 saturated carbocycles. The van der Waals surface area contributed by atoms with Crippen molar-refractivity contribution < 1.29 is 22.6 Å². The van der Waals surface area contributed by atoms with E-state index in [1.165, 1.54) is 5.56 Å². The number of halogens is 1. The molecule has 4 fully saturated rings. The van der Waals surface area contributed by atoms with Crippen molar-refractivity contribution in [1.29, 1.82) is 0 Å². The van der Waals surface area contributed by atoms with Gasteiger partial charge in [-0.1, -0.05) is 35.9 Å². The second-order valence-electron chi connectivity index (χ2n) is 10.4. The number of benzene rings is 1. The molecule has 3 aliphatic heterocycles. The second-order valence-corrected chi connectivity index (χ2v) is 13.0. The summed E-state index contributed by atoms with van der Waals surface area (Å²) in [6, 6.07) is 10.5. The maximum Gasteiger partial charge on any atom is 0.296 e. The van der Waals surface area contributed by atoms with Crippen LogP contribution in [0.4, 0.5) is 0 Å². The molecule has 37 heavy (non-hydrogen) atoms. The van der Waals surface area contributed by atoms with Gasteiger partial charge < -0.3 is 19.2 Å². The first-order chi connectivity index (χ1) is 18.0. The normalized spacial score (nSPS) is 27.1. The fourth-order valence-corrected chi connectivity index (χ4v) is 7.90. The molecule has 3 atom stereocenters. The fraction of sp³-hybridized carbons (Fsp3) is 0.538. The number of ether oxygens (including phenoxy) is 3. The Hall–Kier alpha value is -2.24. The average molecular weight is 545 g/mol. The van der Waals surface area contributed by atoms with Crippen molar-refractivity contribution in [2.24, 2.45) is 0 Å². The number of nitrogens with zero attached hydrogens (tertiary/aromatic N) is 3. The van der Waals surface area contributed by atoms with Gasteiger partial charge >= 0.3 is 0 Å². The quantitative estimate of drug-likeness (QED) is 0.502. The minimum absolute atomic E-state index is 0.0614. The number of piperidine rings is 1. The molecule has 1 aromatic carbocycles. The molecule has 0 radical (unpaired) electrons. The van der Waals surface area contributed by atoms with Crippen LogP contribution in [0.1, 0.15) is 43.6 Å². The van der Waals surface area contributed by atoms with E-state index in [1.807, 2.05) is 18.2 Å². The zero-order chi connectivity index (χ0) is 25.1. The standard InChI is InChI=1S/C26H29ClN4O5S/c27-19-13-20-25(30-26(28-20)36-22-14-35-21-9-12-34-24(21)22)29-23(19)17-3-1-15(2-4-17)16-7-10-31(11-8-16)37(32,33)18-5-6-18/h1-4,13,16,18,21-22,24H,5-12,14H2,(H,28,29,30)/t21?,22?,24-/m0/s1. The summed E-state index contributed by atoms with van der Waals surface area (Å²) in [5.41, 5.74) is 4.02. The van der Waals surface area contributed by atoms with Gasteiger partial charge in [0.1, 0.15) is 6.10 Å². The fourth-order valence-electron chi connectivity index (χ4n) is 5.76. The number of imidazole rings is 1. The Morgan fingerprint density at radius 2 is 1.81 bits per heavy atom. The van der Waals surface area contributed by atoms with E-state index in [1.54, 1.807) is 4.31 Å². The Morgan fingerprint density at radius 1 is 1.03 bits per heavy atom. The molecule has 0 spiro atoms. The monoisotopic (exact) mass is 544 g/mol. The lowest BCUT2D eigenvalue weighted by Gasteiger charge is -2.31. The third-order valence-electron chi connectivity index (χ3n) is 8.00. The van der Waals surface area contributed by atoms with Gasteiger partial charge in [0.05, 0.1) is 34.2 Å². The van der Waals surface area contributed by atoms with Crippen LogP contribution in [0, 0.1) is 0 Å². The van der Waals surface area contributed by atoms with E-state index in [9.17, 15) is 8.42 Å². The molecule has 9 nitrogen and oxygen atoms in total. The Bertz CT molecular complexity index is 1420. The largest absolute Gasteiger partial charge is 0.456 e. The number of aromatic nitrogens is 3. The van der Waals surface area contributed by atoms with Crippen molar-refractivity contribution in [2.75, 3.05) is 26.3 Å². The highest BCUT2D eigenvalue weighted by atomic mass is 35.5. The predicted octanol–water partition coefficient (Wildman–Crippen LogP) is 3.89. The molecule has 7 rings (SSSR count). The van der Waals surface area contributed by atoms with E-state index >= 15 is 0 Å². The van der Waals surface area contributed by atoms with Crippen molar-refractivity contribution >= 4 is 32.8 Å². The van der Waals surface area contributed by atoms with Crippen molar-refractivity contribution in [1.82, 2.24) is 19.3 Å². The molecule has 0 amide bonds.